The van der Waals surface area contributed by atoms with Gasteiger partial charge in [-0.1, -0.05) is 22.0 Å². The highest BCUT2D eigenvalue weighted by atomic mass is 79.9. The zero-order valence-electron chi connectivity index (χ0n) is 12.7. The van der Waals surface area contributed by atoms with E-state index >= 15 is 0 Å². The van der Waals surface area contributed by atoms with Crippen molar-refractivity contribution < 1.29 is 4.79 Å². The minimum Gasteiger partial charge on any atom is -0.336 e. The summed E-state index contributed by atoms with van der Waals surface area (Å²) in [7, 11) is 1.96. The molecule has 0 radical (unpaired) electrons. The number of carbonyl (C=O) groups is 1. The van der Waals surface area contributed by atoms with E-state index in [2.05, 4.69) is 26.2 Å². The normalized spacial score (nSPS) is 18.5. The Morgan fingerprint density at radius 3 is 3.00 bits per heavy atom. The molecule has 1 aliphatic heterocycles. The van der Waals surface area contributed by atoms with Crippen LogP contribution in [0.25, 0.3) is 0 Å². The van der Waals surface area contributed by atoms with E-state index in [1.165, 1.54) is 0 Å². The van der Waals surface area contributed by atoms with E-state index in [-0.39, 0.29) is 11.9 Å². The van der Waals surface area contributed by atoms with E-state index in [9.17, 15) is 4.79 Å². The van der Waals surface area contributed by atoms with Crippen LogP contribution in [0.5, 0.6) is 0 Å². The molecule has 3 rings (SSSR count). The maximum Gasteiger partial charge on any atom is 0.254 e. The van der Waals surface area contributed by atoms with Crippen molar-refractivity contribution >= 4 is 21.8 Å². The molecule has 1 aromatic heterocycles. The average Bonchev–Trinajstić information content (AvgIpc) is 2.95. The lowest BCUT2D eigenvalue weighted by atomic mass is 10.1. The first-order valence-corrected chi connectivity index (χ1v) is 8.13. The Labute approximate surface area is 138 Å². The molecule has 1 atom stereocenters. The molecular weight excluding hydrogens is 344 g/mol. The molecule has 2 heterocycles. The van der Waals surface area contributed by atoms with Gasteiger partial charge >= 0.3 is 0 Å². The van der Waals surface area contributed by atoms with Gasteiger partial charge in [-0.15, -0.1) is 0 Å². The molecule has 2 aromatic rings. The van der Waals surface area contributed by atoms with E-state index in [1.807, 2.05) is 47.8 Å². The van der Waals surface area contributed by atoms with Gasteiger partial charge in [0.1, 0.15) is 11.9 Å². The highest BCUT2D eigenvalue weighted by molar-refractivity contribution is 9.10. The smallest absolute Gasteiger partial charge is 0.254 e. The quantitative estimate of drug-likeness (QED) is 0.891. The molecule has 1 aliphatic rings. The number of aromatic nitrogens is 2. The summed E-state index contributed by atoms with van der Waals surface area (Å²) in [5, 5.41) is 3.36. The van der Waals surface area contributed by atoms with Crippen LogP contribution in [0.1, 0.15) is 27.8 Å². The Morgan fingerprint density at radius 2 is 2.27 bits per heavy atom. The van der Waals surface area contributed by atoms with Crippen LogP contribution in [0, 0.1) is 6.92 Å². The largest absolute Gasteiger partial charge is 0.336 e. The summed E-state index contributed by atoms with van der Waals surface area (Å²) in [6, 6.07) is 5.71. The molecule has 0 saturated carbocycles. The maximum absolute atomic E-state index is 13.0. The van der Waals surface area contributed by atoms with E-state index in [0.29, 0.717) is 6.54 Å². The van der Waals surface area contributed by atoms with Gasteiger partial charge in [-0.3, -0.25) is 4.79 Å². The number of hydrogen-bond acceptors (Lipinski definition) is 3. The summed E-state index contributed by atoms with van der Waals surface area (Å²) >= 11 is 3.50. The first-order chi connectivity index (χ1) is 10.6. The lowest BCUT2D eigenvalue weighted by Gasteiger charge is -2.36. The van der Waals surface area contributed by atoms with E-state index in [0.717, 1.165) is 34.5 Å². The lowest BCUT2D eigenvalue weighted by Crippen LogP contribution is -2.49. The summed E-state index contributed by atoms with van der Waals surface area (Å²) < 4.78 is 2.94. The number of nitrogens with zero attached hydrogens (tertiary/aromatic N) is 3. The Bertz CT molecular complexity index is 697. The van der Waals surface area contributed by atoms with Gasteiger partial charge in [-0.2, -0.15) is 0 Å². The molecule has 0 aliphatic carbocycles. The Kier molecular flexibility index (Phi) is 4.31. The van der Waals surface area contributed by atoms with Gasteiger partial charge in [0.15, 0.2) is 0 Å². The molecule has 0 bridgehead atoms. The lowest BCUT2D eigenvalue weighted by molar-refractivity contribution is 0.0620. The van der Waals surface area contributed by atoms with Gasteiger partial charge < -0.3 is 14.8 Å². The summed E-state index contributed by atoms with van der Waals surface area (Å²) in [5.41, 5.74) is 1.72. The number of rotatable bonds is 2. The SMILES string of the molecule is Cc1c(Br)cccc1C(=O)N1CCNCC1c1nccn1C. The van der Waals surface area contributed by atoms with Gasteiger partial charge in [-0.25, -0.2) is 4.98 Å². The van der Waals surface area contributed by atoms with Gasteiger partial charge in [-0.05, 0) is 24.6 Å². The fraction of sp³-hybridized carbons (Fsp3) is 0.375. The van der Waals surface area contributed by atoms with Crippen molar-refractivity contribution in [2.75, 3.05) is 19.6 Å². The molecule has 1 aromatic carbocycles. The summed E-state index contributed by atoms with van der Waals surface area (Å²) in [6.07, 6.45) is 3.69. The molecule has 6 heteroatoms. The topological polar surface area (TPSA) is 50.2 Å². The predicted octanol–water partition coefficient (Wildman–Crippen LogP) is 2.28. The van der Waals surface area contributed by atoms with Gasteiger partial charge in [0.05, 0.1) is 0 Å². The van der Waals surface area contributed by atoms with E-state index in [1.54, 1.807) is 6.20 Å². The van der Waals surface area contributed by atoms with Gasteiger partial charge in [0.25, 0.3) is 5.91 Å². The zero-order valence-corrected chi connectivity index (χ0v) is 14.3. The van der Waals surface area contributed by atoms with Gasteiger partial charge in [0.2, 0.25) is 0 Å². The minimum absolute atomic E-state index is 0.0420. The van der Waals surface area contributed by atoms with Crippen molar-refractivity contribution in [2.24, 2.45) is 7.05 Å². The second-order valence-corrected chi connectivity index (χ2v) is 6.38. The Hall–Kier alpha value is -1.66. The maximum atomic E-state index is 13.0. The van der Waals surface area contributed by atoms with Crippen LogP contribution in [0.15, 0.2) is 35.1 Å². The molecule has 1 fully saturated rings. The van der Waals surface area contributed by atoms with Crippen molar-refractivity contribution in [1.82, 2.24) is 19.8 Å². The molecule has 1 amide bonds. The highest BCUT2D eigenvalue weighted by Crippen LogP contribution is 2.26. The molecular formula is C16H19BrN4O. The van der Waals surface area contributed by atoms with Crippen molar-refractivity contribution in [1.29, 1.82) is 0 Å². The van der Waals surface area contributed by atoms with Crippen molar-refractivity contribution in [3.05, 3.63) is 52.0 Å². The number of amides is 1. The van der Waals surface area contributed by atoms with Crippen LogP contribution in [-0.2, 0) is 7.05 Å². The second-order valence-electron chi connectivity index (χ2n) is 5.53. The third-order valence-corrected chi connectivity index (χ3v) is 5.02. The molecule has 22 heavy (non-hydrogen) atoms. The van der Waals surface area contributed by atoms with Crippen LogP contribution in [0.2, 0.25) is 0 Å². The number of benzene rings is 1. The first-order valence-electron chi connectivity index (χ1n) is 7.33. The predicted molar refractivity (Wildman–Crippen MR) is 88.7 cm³/mol. The number of hydrogen-bond donors (Lipinski definition) is 1. The van der Waals surface area contributed by atoms with Gasteiger partial charge in [0, 0.05) is 49.1 Å². The van der Waals surface area contributed by atoms with E-state index in [4.69, 9.17) is 0 Å². The Morgan fingerprint density at radius 1 is 1.45 bits per heavy atom. The average molecular weight is 363 g/mol. The number of halogens is 1. The van der Waals surface area contributed by atoms with Crippen LogP contribution in [-0.4, -0.2) is 40.0 Å². The standard InChI is InChI=1S/C16H19BrN4O/c1-11-12(4-3-5-13(11)17)16(22)21-9-6-18-10-14(21)15-19-7-8-20(15)2/h3-5,7-8,14,18H,6,9-10H2,1-2H3. The number of nitrogens with one attached hydrogen (secondary N) is 1. The third-order valence-electron chi connectivity index (χ3n) is 4.16. The molecule has 5 nitrogen and oxygen atoms in total. The minimum atomic E-state index is -0.0420. The van der Waals surface area contributed by atoms with Crippen LogP contribution in [0.3, 0.4) is 0 Å². The number of imidazole rings is 1. The van der Waals surface area contributed by atoms with Crippen molar-refractivity contribution in [3.8, 4) is 0 Å². The highest BCUT2D eigenvalue weighted by Gasteiger charge is 2.31. The van der Waals surface area contributed by atoms with Crippen molar-refractivity contribution in [3.63, 3.8) is 0 Å². The second kappa shape index (κ2) is 6.22. The van der Waals surface area contributed by atoms with Crippen LogP contribution >= 0.6 is 15.9 Å². The molecule has 0 spiro atoms. The van der Waals surface area contributed by atoms with E-state index < -0.39 is 0 Å². The molecule has 1 saturated heterocycles. The number of aryl methyl sites for hydroxylation is 1. The molecule has 1 N–H and O–H groups in total. The molecule has 1 unspecified atom stereocenters. The number of piperazine rings is 1. The fourth-order valence-corrected chi connectivity index (χ4v) is 3.24. The summed E-state index contributed by atoms with van der Waals surface area (Å²) in [6.45, 7) is 4.18. The first kappa shape index (κ1) is 15.2. The summed E-state index contributed by atoms with van der Waals surface area (Å²) in [4.78, 5) is 19.4. The van der Waals surface area contributed by atoms with Crippen LogP contribution in [0.4, 0.5) is 0 Å². The van der Waals surface area contributed by atoms with Crippen LogP contribution < -0.4 is 5.32 Å². The summed E-state index contributed by atoms with van der Waals surface area (Å²) in [5.74, 6) is 0.974. The molecule has 116 valence electrons. The third kappa shape index (κ3) is 2.68. The monoisotopic (exact) mass is 362 g/mol. The fourth-order valence-electron chi connectivity index (χ4n) is 2.87. The number of carbonyl (C=O) groups excluding carboxylic acids is 1. The van der Waals surface area contributed by atoms with Crippen molar-refractivity contribution in [2.45, 2.75) is 13.0 Å². The zero-order chi connectivity index (χ0) is 15.7. The Balaban J connectivity index is 1.95.